The Balaban J connectivity index is 1.75. The van der Waals surface area contributed by atoms with Crippen LogP contribution in [0.2, 0.25) is 5.02 Å². The van der Waals surface area contributed by atoms with Crippen LogP contribution in [-0.2, 0) is 15.8 Å². The number of ether oxygens (including phenoxy) is 1. The molecule has 4 N–H and O–H groups in total. The molecular formula is C20H17ClF3N5O3. The Kier molecular flexibility index (Phi) is 6.58. The van der Waals surface area contributed by atoms with Gasteiger partial charge in [0.15, 0.2) is 12.3 Å². The zero-order valence-electron chi connectivity index (χ0n) is 16.5. The minimum atomic E-state index is -4.72. The molecule has 0 unspecified atom stereocenters. The van der Waals surface area contributed by atoms with Gasteiger partial charge in [0, 0.05) is 18.7 Å². The van der Waals surface area contributed by atoms with Gasteiger partial charge in [0.25, 0.3) is 5.91 Å². The van der Waals surface area contributed by atoms with Gasteiger partial charge in [0.2, 0.25) is 11.8 Å². The van der Waals surface area contributed by atoms with Crippen molar-refractivity contribution in [3.63, 3.8) is 0 Å². The summed E-state index contributed by atoms with van der Waals surface area (Å²) in [5.74, 6) is -1.28. The zero-order chi connectivity index (χ0) is 23.5. The number of carbonyl (C=O) groups is 2. The topological polar surface area (TPSA) is 111 Å². The molecule has 1 heterocycles. The second-order valence-electron chi connectivity index (χ2n) is 6.55. The molecule has 1 aromatic heterocycles. The molecule has 0 saturated carbocycles. The number of nitrogen functional groups attached to an aromatic ring is 1. The first-order chi connectivity index (χ1) is 15.0. The number of benzene rings is 2. The van der Waals surface area contributed by atoms with E-state index >= 15 is 0 Å². The summed E-state index contributed by atoms with van der Waals surface area (Å²) < 4.78 is 45.6. The maximum Gasteiger partial charge on any atom is 0.435 e. The second-order valence-corrected chi connectivity index (χ2v) is 6.96. The van der Waals surface area contributed by atoms with E-state index in [9.17, 15) is 22.8 Å². The Morgan fingerprint density at radius 3 is 2.50 bits per heavy atom. The van der Waals surface area contributed by atoms with Crippen molar-refractivity contribution in [2.24, 2.45) is 0 Å². The zero-order valence-corrected chi connectivity index (χ0v) is 17.3. The molecule has 32 heavy (non-hydrogen) atoms. The van der Waals surface area contributed by atoms with Gasteiger partial charge in [0.1, 0.15) is 0 Å². The average Bonchev–Trinajstić information content (AvgIpc) is 3.13. The van der Waals surface area contributed by atoms with Crippen LogP contribution in [0.1, 0.15) is 12.6 Å². The van der Waals surface area contributed by atoms with E-state index in [4.69, 9.17) is 22.1 Å². The summed E-state index contributed by atoms with van der Waals surface area (Å²) >= 11 is 6.07. The fourth-order valence-corrected chi connectivity index (χ4v) is 2.90. The Morgan fingerprint density at radius 1 is 1.16 bits per heavy atom. The van der Waals surface area contributed by atoms with Gasteiger partial charge in [-0.3, -0.25) is 9.59 Å². The van der Waals surface area contributed by atoms with Crippen molar-refractivity contribution in [2.45, 2.75) is 13.1 Å². The smallest absolute Gasteiger partial charge is 0.435 e. The van der Waals surface area contributed by atoms with Gasteiger partial charge in [-0.15, -0.1) is 0 Å². The normalized spacial score (nSPS) is 11.2. The predicted octanol–water partition coefficient (Wildman–Crippen LogP) is 4.10. The van der Waals surface area contributed by atoms with Crippen LogP contribution in [0.3, 0.4) is 0 Å². The molecule has 0 aliphatic heterocycles. The molecule has 3 rings (SSSR count). The Bertz CT molecular complexity index is 1160. The number of hydrogen-bond donors (Lipinski definition) is 3. The molecule has 3 aromatic rings. The molecule has 0 fully saturated rings. The molecule has 2 amide bonds. The monoisotopic (exact) mass is 467 g/mol. The van der Waals surface area contributed by atoms with Crippen LogP contribution in [0, 0.1) is 0 Å². The van der Waals surface area contributed by atoms with E-state index in [-0.39, 0.29) is 28.2 Å². The highest BCUT2D eigenvalue weighted by atomic mass is 35.5. The van der Waals surface area contributed by atoms with Crippen LogP contribution in [0.15, 0.2) is 48.5 Å². The molecular weight excluding hydrogens is 451 g/mol. The van der Waals surface area contributed by atoms with Gasteiger partial charge in [-0.2, -0.15) is 23.0 Å². The van der Waals surface area contributed by atoms with Crippen molar-refractivity contribution in [1.82, 2.24) is 9.78 Å². The summed E-state index contributed by atoms with van der Waals surface area (Å²) in [5, 5.41) is 8.70. The Hall–Kier alpha value is -3.73. The van der Waals surface area contributed by atoms with Gasteiger partial charge in [0.05, 0.1) is 22.1 Å². The summed E-state index contributed by atoms with van der Waals surface area (Å²) in [6.45, 7) is 0.713. The highest BCUT2D eigenvalue weighted by Gasteiger charge is 2.36. The summed E-state index contributed by atoms with van der Waals surface area (Å²) in [6, 6.07) is 11.2. The van der Waals surface area contributed by atoms with E-state index in [1.165, 1.54) is 37.3 Å². The quantitative estimate of drug-likeness (QED) is 0.472. The van der Waals surface area contributed by atoms with Crippen molar-refractivity contribution < 1.29 is 27.5 Å². The Morgan fingerprint density at radius 2 is 1.88 bits per heavy atom. The number of carbonyl (C=O) groups excluding carboxylic acids is 2. The molecule has 168 valence electrons. The summed E-state index contributed by atoms with van der Waals surface area (Å²) in [5.41, 5.74) is 5.67. The highest BCUT2D eigenvalue weighted by molar-refractivity contribution is 6.32. The van der Waals surface area contributed by atoms with E-state index in [0.717, 1.165) is 4.68 Å². The van der Waals surface area contributed by atoms with E-state index < -0.39 is 24.4 Å². The largest absolute Gasteiger partial charge is 0.467 e. The van der Waals surface area contributed by atoms with Crippen molar-refractivity contribution in [3.8, 4) is 11.6 Å². The maximum absolute atomic E-state index is 13.2. The van der Waals surface area contributed by atoms with Crippen LogP contribution in [0.4, 0.5) is 30.2 Å². The number of hydrogen-bond acceptors (Lipinski definition) is 5. The summed E-state index contributed by atoms with van der Waals surface area (Å²) in [4.78, 5) is 23.4. The third-order valence-electron chi connectivity index (χ3n) is 4.04. The minimum Gasteiger partial charge on any atom is -0.467 e. The van der Waals surface area contributed by atoms with Crippen LogP contribution < -0.4 is 21.1 Å². The van der Waals surface area contributed by atoms with E-state index in [1.54, 1.807) is 12.1 Å². The van der Waals surface area contributed by atoms with Gasteiger partial charge < -0.3 is 21.1 Å². The first kappa shape index (κ1) is 22.9. The SMILES string of the molecule is CC(=O)Nc1ccc(NC(=O)COc2cc(C(F)(F)F)nn2-c2ccccc2Cl)cc1N. The lowest BCUT2D eigenvalue weighted by molar-refractivity contribution is -0.141. The van der Waals surface area contributed by atoms with Crippen LogP contribution in [0.5, 0.6) is 5.88 Å². The van der Waals surface area contributed by atoms with E-state index in [1.807, 2.05) is 0 Å². The fourth-order valence-electron chi connectivity index (χ4n) is 2.68. The van der Waals surface area contributed by atoms with Crippen molar-refractivity contribution in [3.05, 3.63) is 59.2 Å². The molecule has 0 atom stereocenters. The fraction of sp³-hybridized carbons (Fsp3) is 0.150. The number of halogens is 4. The lowest BCUT2D eigenvalue weighted by atomic mass is 10.2. The molecule has 2 aromatic carbocycles. The van der Waals surface area contributed by atoms with E-state index in [2.05, 4.69) is 15.7 Å². The minimum absolute atomic E-state index is 0.147. The number of anilines is 3. The number of aromatic nitrogens is 2. The molecule has 0 saturated heterocycles. The van der Waals surface area contributed by atoms with E-state index in [0.29, 0.717) is 17.4 Å². The van der Waals surface area contributed by atoms with Gasteiger partial charge >= 0.3 is 6.18 Å². The van der Waals surface area contributed by atoms with Gasteiger partial charge in [-0.05, 0) is 30.3 Å². The number of nitrogens with two attached hydrogens (primary N) is 1. The molecule has 0 aliphatic rings. The third kappa shape index (κ3) is 5.49. The molecule has 8 nitrogen and oxygen atoms in total. The Labute approximate surface area is 185 Å². The molecule has 0 radical (unpaired) electrons. The standard InChI is InChI=1S/C20H17ClF3N5O3/c1-11(30)26-15-7-6-12(8-14(15)25)27-18(31)10-32-19-9-17(20(22,23)24)28-29(19)16-5-3-2-4-13(16)21/h2-9H,10,25H2,1H3,(H,26,30)(H,27,31). The second kappa shape index (κ2) is 9.18. The molecule has 12 heteroatoms. The third-order valence-corrected chi connectivity index (χ3v) is 4.36. The number of amides is 2. The lowest BCUT2D eigenvalue weighted by Gasteiger charge is -2.12. The molecule has 0 bridgehead atoms. The number of nitrogens with one attached hydrogen (secondary N) is 2. The van der Waals surface area contributed by atoms with Crippen molar-refractivity contribution >= 4 is 40.5 Å². The van der Waals surface area contributed by atoms with Crippen LogP contribution in [-0.4, -0.2) is 28.2 Å². The average molecular weight is 468 g/mol. The number of rotatable bonds is 6. The van der Waals surface area contributed by atoms with Crippen molar-refractivity contribution in [2.75, 3.05) is 23.0 Å². The van der Waals surface area contributed by atoms with Crippen LogP contribution >= 0.6 is 11.6 Å². The first-order valence-corrected chi connectivity index (χ1v) is 9.44. The lowest BCUT2D eigenvalue weighted by Crippen LogP contribution is -2.21. The summed E-state index contributed by atoms with van der Waals surface area (Å²) in [6.07, 6.45) is -4.72. The number of para-hydroxylation sites is 1. The summed E-state index contributed by atoms with van der Waals surface area (Å²) in [7, 11) is 0. The number of alkyl halides is 3. The molecule has 0 spiro atoms. The van der Waals surface area contributed by atoms with Gasteiger partial charge in [-0.25, -0.2) is 0 Å². The predicted molar refractivity (Wildman–Crippen MR) is 113 cm³/mol. The van der Waals surface area contributed by atoms with Crippen LogP contribution in [0.25, 0.3) is 5.69 Å². The molecule has 0 aliphatic carbocycles. The maximum atomic E-state index is 13.2. The van der Waals surface area contributed by atoms with Gasteiger partial charge in [-0.1, -0.05) is 23.7 Å². The number of nitrogens with zero attached hydrogens (tertiary/aromatic N) is 2. The van der Waals surface area contributed by atoms with Crippen molar-refractivity contribution in [1.29, 1.82) is 0 Å². The first-order valence-electron chi connectivity index (χ1n) is 9.06. The highest BCUT2D eigenvalue weighted by Crippen LogP contribution is 2.33.